The normalized spacial score (nSPS) is 15.9. The van der Waals surface area contributed by atoms with Crippen LogP contribution in [0.5, 0.6) is 5.75 Å². The molecule has 0 N–H and O–H groups in total. The zero-order valence-corrected chi connectivity index (χ0v) is 18.0. The Hall–Kier alpha value is -1.64. The van der Waals surface area contributed by atoms with Gasteiger partial charge in [0.2, 0.25) is 5.56 Å². The van der Waals surface area contributed by atoms with Crippen LogP contribution in [-0.2, 0) is 18.0 Å². The molecule has 2 heterocycles. The highest BCUT2D eigenvalue weighted by molar-refractivity contribution is 6.39. The summed E-state index contributed by atoms with van der Waals surface area (Å²) in [5.41, 5.74) is -3.20. The van der Waals surface area contributed by atoms with E-state index in [4.69, 9.17) is 39.5 Å². The third-order valence-electron chi connectivity index (χ3n) is 4.84. The molecular weight excluding hydrogens is 471 g/mol. The van der Waals surface area contributed by atoms with E-state index < -0.39 is 39.3 Å². The average molecular weight is 488 g/mol. The smallest absolute Gasteiger partial charge is 0.432 e. The number of alkyl halides is 4. The molecular formula is C19H17Cl3F4N2O2. The van der Waals surface area contributed by atoms with Crippen LogP contribution in [0.25, 0.3) is 11.1 Å². The minimum atomic E-state index is -4.79. The van der Waals surface area contributed by atoms with Crippen LogP contribution < -0.4 is 4.74 Å². The van der Waals surface area contributed by atoms with Gasteiger partial charge in [-0.25, -0.2) is 4.39 Å². The van der Waals surface area contributed by atoms with Crippen LogP contribution in [0.2, 0.25) is 10.2 Å². The van der Waals surface area contributed by atoms with E-state index in [-0.39, 0.29) is 16.9 Å². The molecule has 1 aromatic heterocycles. The molecule has 1 unspecified atom stereocenters. The van der Waals surface area contributed by atoms with Gasteiger partial charge in [-0.2, -0.15) is 13.2 Å². The van der Waals surface area contributed by atoms with E-state index in [1.165, 1.54) is 6.07 Å². The fourth-order valence-corrected chi connectivity index (χ4v) is 4.36. The van der Waals surface area contributed by atoms with Crippen molar-refractivity contribution in [3.05, 3.63) is 39.9 Å². The molecule has 30 heavy (non-hydrogen) atoms. The summed E-state index contributed by atoms with van der Waals surface area (Å²) in [6, 6.07) is 3.31. The zero-order valence-electron chi connectivity index (χ0n) is 15.7. The van der Waals surface area contributed by atoms with Gasteiger partial charge in [0.25, 0.3) is 5.91 Å². The van der Waals surface area contributed by atoms with Crippen molar-refractivity contribution in [2.45, 2.75) is 31.0 Å². The summed E-state index contributed by atoms with van der Waals surface area (Å²) in [6.07, 6.45) is -2.04. The number of ether oxygens (including phenoxy) is 1. The number of aromatic nitrogens is 1. The second-order valence-corrected chi connectivity index (χ2v) is 7.98. The average Bonchev–Trinajstić information content (AvgIpc) is 2.92. The van der Waals surface area contributed by atoms with Crippen LogP contribution >= 0.6 is 34.8 Å². The second kappa shape index (κ2) is 8.85. The SMILES string of the molecule is Cn1c(Cl)c(-c2cc(OC(Cl)C(=O)N3CCCCC3)ccc2F)c(Cl)c1C(F)(F)F. The van der Waals surface area contributed by atoms with Crippen LogP contribution in [0.1, 0.15) is 25.0 Å². The van der Waals surface area contributed by atoms with Crippen molar-refractivity contribution in [2.24, 2.45) is 7.05 Å². The summed E-state index contributed by atoms with van der Waals surface area (Å²) in [6.45, 7) is 1.13. The topological polar surface area (TPSA) is 34.5 Å². The number of nitrogens with zero attached hydrogens (tertiary/aromatic N) is 2. The Labute approximate surface area is 185 Å². The van der Waals surface area contributed by atoms with Gasteiger partial charge in [-0.1, -0.05) is 34.8 Å². The lowest BCUT2D eigenvalue weighted by atomic mass is 10.1. The molecule has 0 radical (unpaired) electrons. The number of rotatable bonds is 4. The summed E-state index contributed by atoms with van der Waals surface area (Å²) in [5.74, 6) is -1.31. The highest BCUT2D eigenvalue weighted by atomic mass is 35.5. The fraction of sp³-hybridized carbons (Fsp3) is 0.421. The number of amides is 1. The first kappa shape index (κ1) is 23.0. The molecule has 0 aliphatic carbocycles. The van der Waals surface area contributed by atoms with Crippen LogP contribution in [0.15, 0.2) is 18.2 Å². The number of hydrogen-bond donors (Lipinski definition) is 0. The number of benzene rings is 1. The molecule has 4 nitrogen and oxygen atoms in total. The van der Waals surface area contributed by atoms with Crippen LogP contribution in [0.4, 0.5) is 17.6 Å². The molecule has 0 spiro atoms. The number of carbonyl (C=O) groups is 1. The fourth-order valence-electron chi connectivity index (χ4n) is 3.36. The lowest BCUT2D eigenvalue weighted by Crippen LogP contribution is -2.42. The van der Waals surface area contributed by atoms with Crippen molar-refractivity contribution in [1.82, 2.24) is 9.47 Å². The third kappa shape index (κ3) is 4.50. The number of halogens is 7. The Morgan fingerprint density at radius 3 is 2.37 bits per heavy atom. The monoisotopic (exact) mass is 486 g/mol. The first-order chi connectivity index (χ1) is 14.0. The van der Waals surface area contributed by atoms with Gasteiger partial charge >= 0.3 is 6.18 Å². The largest absolute Gasteiger partial charge is 0.465 e. The maximum atomic E-state index is 14.5. The standard InChI is InChI=1S/C19H17Cl3F4N2O2/c1-27-15(19(24,25)26)14(20)13(16(27)21)11-9-10(5-6-12(11)23)30-17(22)18(29)28-7-3-2-4-8-28/h5-6,9,17H,2-4,7-8H2,1H3. The third-order valence-corrected chi connectivity index (χ3v) is 5.93. The molecule has 1 fully saturated rings. The van der Waals surface area contributed by atoms with Gasteiger partial charge in [0.15, 0.2) is 0 Å². The van der Waals surface area contributed by atoms with E-state index >= 15 is 0 Å². The predicted octanol–water partition coefficient (Wildman–Crippen LogP) is 6.11. The van der Waals surface area contributed by atoms with Gasteiger partial charge in [-0.05, 0) is 37.5 Å². The predicted molar refractivity (Wildman–Crippen MR) is 107 cm³/mol. The van der Waals surface area contributed by atoms with E-state index in [1.807, 2.05) is 0 Å². The Balaban J connectivity index is 1.92. The van der Waals surface area contributed by atoms with Crippen LogP contribution in [0, 0.1) is 5.82 Å². The summed E-state index contributed by atoms with van der Waals surface area (Å²) >= 11 is 18.0. The van der Waals surface area contributed by atoms with Crippen molar-refractivity contribution in [3.63, 3.8) is 0 Å². The van der Waals surface area contributed by atoms with E-state index in [2.05, 4.69) is 0 Å². The van der Waals surface area contributed by atoms with Crippen molar-refractivity contribution < 1.29 is 27.1 Å². The molecule has 0 saturated carbocycles. The maximum Gasteiger partial charge on any atom is 0.432 e. The first-order valence-electron chi connectivity index (χ1n) is 9.02. The molecule has 3 rings (SSSR count). The summed E-state index contributed by atoms with van der Waals surface area (Å²) < 4.78 is 60.4. The summed E-state index contributed by atoms with van der Waals surface area (Å²) in [5, 5.41) is -1.13. The molecule has 1 amide bonds. The Bertz CT molecular complexity index is 956. The summed E-state index contributed by atoms with van der Waals surface area (Å²) in [7, 11) is 1.07. The maximum absolute atomic E-state index is 14.5. The highest BCUT2D eigenvalue weighted by Gasteiger charge is 2.40. The van der Waals surface area contributed by atoms with Gasteiger partial charge in [0, 0.05) is 31.3 Å². The Morgan fingerprint density at radius 1 is 1.17 bits per heavy atom. The zero-order chi connectivity index (χ0) is 22.2. The van der Waals surface area contributed by atoms with Crippen molar-refractivity contribution in [3.8, 4) is 16.9 Å². The number of hydrogen-bond acceptors (Lipinski definition) is 2. The Kier molecular flexibility index (Phi) is 6.79. The first-order valence-corrected chi connectivity index (χ1v) is 10.2. The highest BCUT2D eigenvalue weighted by Crippen LogP contribution is 2.46. The summed E-state index contributed by atoms with van der Waals surface area (Å²) in [4.78, 5) is 14.0. The minimum Gasteiger partial charge on any atom is -0.465 e. The molecule has 164 valence electrons. The molecule has 1 atom stereocenters. The van der Waals surface area contributed by atoms with Crippen molar-refractivity contribution in [2.75, 3.05) is 13.1 Å². The van der Waals surface area contributed by atoms with E-state index in [1.54, 1.807) is 4.90 Å². The molecule has 1 aromatic carbocycles. The molecule has 1 aliphatic rings. The molecule has 11 heteroatoms. The lowest BCUT2D eigenvalue weighted by molar-refractivity contribution is -0.143. The van der Waals surface area contributed by atoms with E-state index in [0.717, 1.165) is 38.4 Å². The molecule has 1 aliphatic heterocycles. The molecule has 2 aromatic rings. The van der Waals surface area contributed by atoms with Gasteiger partial charge in [-0.15, -0.1) is 0 Å². The molecule has 1 saturated heterocycles. The van der Waals surface area contributed by atoms with E-state index in [9.17, 15) is 22.4 Å². The second-order valence-electron chi connectivity index (χ2n) is 6.85. The number of likely N-dealkylation sites (tertiary alicyclic amines) is 1. The van der Waals surface area contributed by atoms with Crippen molar-refractivity contribution >= 4 is 40.7 Å². The number of carbonyl (C=O) groups excluding carboxylic acids is 1. The quantitative estimate of drug-likeness (QED) is 0.385. The molecule has 0 bridgehead atoms. The van der Waals surface area contributed by atoms with Crippen molar-refractivity contribution in [1.29, 1.82) is 0 Å². The lowest BCUT2D eigenvalue weighted by Gasteiger charge is -2.28. The van der Waals surface area contributed by atoms with Crippen LogP contribution in [0.3, 0.4) is 0 Å². The van der Waals surface area contributed by atoms with Gasteiger partial charge in [-0.3, -0.25) is 4.79 Å². The number of piperidine rings is 1. The van der Waals surface area contributed by atoms with Gasteiger partial charge in [0.1, 0.15) is 22.4 Å². The minimum absolute atomic E-state index is 0.0127. The van der Waals surface area contributed by atoms with E-state index in [0.29, 0.717) is 17.7 Å². The van der Waals surface area contributed by atoms with Gasteiger partial charge in [0.05, 0.1) is 5.02 Å². The Morgan fingerprint density at radius 2 is 1.80 bits per heavy atom. The van der Waals surface area contributed by atoms with Crippen LogP contribution in [-0.4, -0.2) is 34.0 Å². The van der Waals surface area contributed by atoms with Gasteiger partial charge < -0.3 is 14.2 Å².